The van der Waals surface area contributed by atoms with Gasteiger partial charge in [0.1, 0.15) is 11.3 Å². The molecule has 0 radical (unpaired) electrons. The van der Waals surface area contributed by atoms with E-state index in [0.717, 1.165) is 69.8 Å². The van der Waals surface area contributed by atoms with Gasteiger partial charge in [-0.05, 0) is 32.1 Å². The maximum atomic E-state index is 12.1. The van der Waals surface area contributed by atoms with Gasteiger partial charge in [-0.2, -0.15) is 0 Å². The Morgan fingerprint density at radius 1 is 0.583 bits per heavy atom. The molecule has 36 heavy (non-hydrogen) atoms. The second-order valence-corrected chi connectivity index (χ2v) is 10.3. The molecule has 0 aliphatic heterocycles. The molecule has 0 saturated heterocycles. The first-order valence-electron chi connectivity index (χ1n) is 14.9. The van der Waals surface area contributed by atoms with Crippen molar-refractivity contribution in [2.24, 2.45) is 0 Å². The van der Waals surface area contributed by atoms with Crippen LogP contribution in [0.1, 0.15) is 158 Å². The molecule has 0 bridgehead atoms. The Hall–Kier alpha value is -1.91. The summed E-state index contributed by atoms with van der Waals surface area (Å²) in [7, 11) is 0. The number of ether oxygens (including phenoxy) is 1. The Morgan fingerprint density at radius 3 is 1.47 bits per heavy atom. The first kappa shape index (κ1) is 32.1. The van der Waals surface area contributed by atoms with Crippen LogP contribution >= 0.6 is 0 Å². The molecule has 1 aromatic carbocycles. The van der Waals surface area contributed by atoms with Crippen molar-refractivity contribution in [3.8, 4) is 17.2 Å². The molecule has 5 nitrogen and oxygen atoms in total. The van der Waals surface area contributed by atoms with Crippen LogP contribution in [0, 0.1) is 0 Å². The summed E-state index contributed by atoms with van der Waals surface area (Å²) in [4.78, 5) is 12.1. The van der Waals surface area contributed by atoms with E-state index in [-0.39, 0.29) is 17.1 Å². The van der Waals surface area contributed by atoms with Crippen molar-refractivity contribution in [1.82, 2.24) is 0 Å². The van der Waals surface area contributed by atoms with E-state index in [4.69, 9.17) is 4.74 Å². The molecule has 0 unspecified atom stereocenters. The van der Waals surface area contributed by atoms with Crippen molar-refractivity contribution in [1.29, 1.82) is 0 Å². The molecule has 0 amide bonds. The third kappa shape index (κ3) is 11.9. The molecule has 0 atom stereocenters. The van der Waals surface area contributed by atoms with Crippen LogP contribution in [-0.2, 0) is 12.8 Å². The van der Waals surface area contributed by atoms with Gasteiger partial charge in [0.25, 0.3) is 0 Å². The van der Waals surface area contributed by atoms with E-state index in [9.17, 15) is 20.1 Å². The van der Waals surface area contributed by atoms with Crippen LogP contribution in [0.25, 0.3) is 0 Å². The van der Waals surface area contributed by atoms with Gasteiger partial charge in [0.2, 0.25) is 0 Å². The van der Waals surface area contributed by atoms with Crippen LogP contribution in [-0.4, -0.2) is 27.9 Å². The Morgan fingerprint density at radius 2 is 1.00 bits per heavy atom. The van der Waals surface area contributed by atoms with Crippen molar-refractivity contribution in [3.05, 3.63) is 16.7 Å². The molecule has 0 fully saturated rings. The fourth-order valence-corrected chi connectivity index (χ4v) is 4.91. The SMILES string of the molecule is CCCCCCCCCc1c(O)c(O)c(C(=O)O)c(OCCCCCC)c1CCCCCCCCC. The summed E-state index contributed by atoms with van der Waals surface area (Å²) >= 11 is 0. The van der Waals surface area contributed by atoms with Gasteiger partial charge in [0.05, 0.1) is 6.61 Å². The lowest BCUT2D eigenvalue weighted by molar-refractivity contribution is 0.0687. The lowest BCUT2D eigenvalue weighted by Crippen LogP contribution is -2.11. The number of rotatable bonds is 23. The number of aromatic hydroxyl groups is 2. The largest absolute Gasteiger partial charge is 0.504 e. The van der Waals surface area contributed by atoms with Gasteiger partial charge < -0.3 is 20.1 Å². The minimum atomic E-state index is -1.25. The van der Waals surface area contributed by atoms with Crippen molar-refractivity contribution >= 4 is 5.97 Å². The Labute approximate surface area is 220 Å². The van der Waals surface area contributed by atoms with E-state index in [1.165, 1.54) is 51.4 Å². The van der Waals surface area contributed by atoms with Crippen molar-refractivity contribution in [3.63, 3.8) is 0 Å². The van der Waals surface area contributed by atoms with Crippen LogP contribution in [0.15, 0.2) is 0 Å². The Kier molecular flexibility index (Phi) is 18.0. The lowest BCUT2D eigenvalue weighted by Gasteiger charge is -2.21. The van der Waals surface area contributed by atoms with Crippen molar-refractivity contribution < 1.29 is 24.9 Å². The third-order valence-electron chi connectivity index (χ3n) is 7.13. The quantitative estimate of drug-likeness (QED) is 0.102. The number of unbranched alkanes of at least 4 members (excludes halogenated alkanes) is 15. The van der Waals surface area contributed by atoms with E-state index in [2.05, 4.69) is 20.8 Å². The highest BCUT2D eigenvalue weighted by Gasteiger charge is 2.28. The van der Waals surface area contributed by atoms with Gasteiger partial charge in [-0.15, -0.1) is 0 Å². The summed E-state index contributed by atoms with van der Waals surface area (Å²) < 4.78 is 6.08. The number of phenolic OH excluding ortho intramolecular Hbond substituents is 1. The number of hydrogen-bond acceptors (Lipinski definition) is 4. The highest BCUT2D eigenvalue weighted by Crippen LogP contribution is 2.44. The third-order valence-corrected chi connectivity index (χ3v) is 7.13. The van der Waals surface area contributed by atoms with Crippen LogP contribution in [0.5, 0.6) is 17.2 Å². The average Bonchev–Trinajstić information content (AvgIpc) is 2.86. The van der Waals surface area contributed by atoms with Gasteiger partial charge in [0, 0.05) is 11.1 Å². The van der Waals surface area contributed by atoms with Gasteiger partial charge >= 0.3 is 5.97 Å². The zero-order valence-corrected chi connectivity index (χ0v) is 23.5. The summed E-state index contributed by atoms with van der Waals surface area (Å²) in [6, 6.07) is 0. The normalized spacial score (nSPS) is 11.2. The van der Waals surface area contributed by atoms with Crippen LogP contribution in [0.3, 0.4) is 0 Å². The van der Waals surface area contributed by atoms with Gasteiger partial charge in [0.15, 0.2) is 11.5 Å². The second-order valence-electron chi connectivity index (χ2n) is 10.3. The van der Waals surface area contributed by atoms with Gasteiger partial charge in [-0.3, -0.25) is 0 Å². The van der Waals surface area contributed by atoms with E-state index in [0.29, 0.717) is 25.0 Å². The van der Waals surface area contributed by atoms with Crippen molar-refractivity contribution in [2.75, 3.05) is 6.61 Å². The first-order chi connectivity index (χ1) is 17.5. The molecule has 0 aliphatic carbocycles. The van der Waals surface area contributed by atoms with E-state index in [1.54, 1.807) is 0 Å². The summed E-state index contributed by atoms with van der Waals surface area (Å²) in [5.74, 6) is -1.80. The first-order valence-corrected chi connectivity index (χ1v) is 14.9. The fraction of sp³-hybridized carbons (Fsp3) is 0.774. The molecule has 3 N–H and O–H groups in total. The molecular formula is C31H54O5. The summed E-state index contributed by atoms with van der Waals surface area (Å²) in [6.07, 6.45) is 21.7. The number of benzene rings is 1. The minimum absolute atomic E-state index is 0.269. The summed E-state index contributed by atoms with van der Waals surface area (Å²) in [5.41, 5.74) is 1.18. The minimum Gasteiger partial charge on any atom is -0.504 e. The predicted molar refractivity (Wildman–Crippen MR) is 150 cm³/mol. The fourth-order valence-electron chi connectivity index (χ4n) is 4.91. The predicted octanol–water partition coefficient (Wildman–Crippen LogP) is 9.34. The highest BCUT2D eigenvalue weighted by atomic mass is 16.5. The van der Waals surface area contributed by atoms with Gasteiger partial charge in [-0.1, -0.05) is 117 Å². The average molecular weight is 507 g/mol. The second kappa shape index (κ2) is 20.2. The molecular weight excluding hydrogens is 452 g/mol. The van der Waals surface area contributed by atoms with E-state index >= 15 is 0 Å². The standard InChI is InChI=1S/C31H54O5/c1-4-7-10-13-15-17-19-22-25-26(23-20-18-16-14-11-8-5-2)30(36-24-21-12-9-6-3)27(31(34)35)29(33)28(25)32/h32-33H,4-24H2,1-3H3,(H,34,35). The molecule has 5 heteroatoms. The number of carboxylic acid groups (broad SMARTS) is 1. The van der Waals surface area contributed by atoms with E-state index in [1.807, 2.05) is 0 Å². The zero-order valence-electron chi connectivity index (χ0n) is 23.5. The number of hydrogen-bond donors (Lipinski definition) is 3. The molecule has 1 aromatic rings. The number of aromatic carboxylic acids is 1. The monoisotopic (exact) mass is 506 g/mol. The smallest absolute Gasteiger partial charge is 0.343 e. The van der Waals surface area contributed by atoms with Crippen molar-refractivity contribution in [2.45, 2.75) is 149 Å². The van der Waals surface area contributed by atoms with Gasteiger partial charge in [-0.25, -0.2) is 4.79 Å². The molecule has 0 saturated carbocycles. The maximum Gasteiger partial charge on any atom is 0.343 e. The number of carbonyl (C=O) groups is 1. The molecule has 0 aliphatic rings. The molecule has 0 aromatic heterocycles. The molecule has 0 spiro atoms. The molecule has 0 heterocycles. The summed E-state index contributed by atoms with van der Waals surface area (Å²) in [6.45, 7) is 7.00. The lowest BCUT2D eigenvalue weighted by atomic mass is 9.91. The highest BCUT2D eigenvalue weighted by molar-refractivity contribution is 5.96. The van der Waals surface area contributed by atoms with Crippen LogP contribution < -0.4 is 4.74 Å². The van der Waals surface area contributed by atoms with Crippen LogP contribution in [0.2, 0.25) is 0 Å². The number of phenols is 2. The van der Waals surface area contributed by atoms with Crippen LogP contribution in [0.4, 0.5) is 0 Å². The van der Waals surface area contributed by atoms with E-state index < -0.39 is 11.7 Å². The zero-order chi connectivity index (χ0) is 26.6. The Bertz CT molecular complexity index is 728. The summed E-state index contributed by atoms with van der Waals surface area (Å²) in [5, 5.41) is 31.4. The Balaban J connectivity index is 3.05. The maximum absolute atomic E-state index is 12.1. The molecule has 1 rings (SSSR count). The number of carboxylic acids is 1. The molecule has 208 valence electrons. The topological polar surface area (TPSA) is 87.0 Å².